The minimum absolute atomic E-state index is 0.00591. The highest BCUT2D eigenvalue weighted by Crippen LogP contribution is 1.89. The third-order valence-electron chi connectivity index (χ3n) is 0.983. The molecule has 7 nitrogen and oxygen atoms in total. The predicted octanol–water partition coefficient (Wildman–Crippen LogP) is -2.58. The molecule has 0 aliphatic carbocycles. The second kappa shape index (κ2) is 4.53. The van der Waals surface area contributed by atoms with Gasteiger partial charge < -0.3 is 10.2 Å². The maximum atomic E-state index is 10.7. The number of carbonyl (C=O) groups is 3. The Balaban J connectivity index is 4.03. The van der Waals surface area contributed by atoms with E-state index in [2.05, 4.69) is 0 Å². The van der Waals surface area contributed by atoms with Gasteiger partial charge in [-0.15, -0.1) is 0 Å². The molecule has 0 unspecified atom stereocenters. The standard InChI is InChI=1S/C6H10N2O5/c1-4(10)2-5(11)8-6(12,13)7-3-9/h3,12-13H,2H2,1H3,(H,7,9)(H,8,11). The van der Waals surface area contributed by atoms with Gasteiger partial charge in [0.1, 0.15) is 5.78 Å². The fraction of sp³-hybridized carbons (Fsp3) is 0.500. The van der Waals surface area contributed by atoms with Gasteiger partial charge in [0.2, 0.25) is 12.3 Å². The molecule has 0 rings (SSSR count). The SMILES string of the molecule is CC(=O)CC(=O)NC(O)(O)NC=O. The van der Waals surface area contributed by atoms with Gasteiger partial charge in [-0.2, -0.15) is 0 Å². The van der Waals surface area contributed by atoms with Gasteiger partial charge in [0, 0.05) is 0 Å². The first-order valence-corrected chi connectivity index (χ1v) is 3.34. The number of amides is 2. The Bertz CT molecular complexity index is 225. The summed E-state index contributed by atoms with van der Waals surface area (Å²) in [5, 5.41) is 20.6. The zero-order chi connectivity index (χ0) is 10.5. The Kier molecular flexibility index (Phi) is 4.02. The van der Waals surface area contributed by atoms with Gasteiger partial charge in [-0.05, 0) is 6.92 Å². The van der Waals surface area contributed by atoms with Crippen molar-refractivity contribution in [3.8, 4) is 0 Å². The topological polar surface area (TPSA) is 116 Å². The number of ketones is 1. The first-order chi connectivity index (χ1) is 5.87. The van der Waals surface area contributed by atoms with Crippen molar-refractivity contribution in [2.45, 2.75) is 19.4 Å². The molecule has 0 bridgehead atoms. The Morgan fingerprint density at radius 2 is 2.00 bits per heavy atom. The average molecular weight is 190 g/mol. The number of hydrogen-bond acceptors (Lipinski definition) is 5. The molecule has 2 amide bonds. The lowest BCUT2D eigenvalue weighted by Gasteiger charge is -2.20. The maximum Gasteiger partial charge on any atom is 0.337 e. The monoisotopic (exact) mass is 190 g/mol. The Hall–Kier alpha value is -1.47. The zero-order valence-corrected chi connectivity index (χ0v) is 6.90. The summed E-state index contributed by atoms with van der Waals surface area (Å²) in [5.74, 6) is -1.33. The van der Waals surface area contributed by atoms with Crippen LogP contribution in [0.15, 0.2) is 0 Å². The summed E-state index contributed by atoms with van der Waals surface area (Å²) in [6.07, 6.45) is -0.489. The number of nitrogens with one attached hydrogen (secondary N) is 2. The van der Waals surface area contributed by atoms with Crippen LogP contribution in [0, 0.1) is 0 Å². The van der Waals surface area contributed by atoms with Crippen LogP contribution in [0.4, 0.5) is 0 Å². The molecule has 0 aliphatic rings. The van der Waals surface area contributed by atoms with Crippen molar-refractivity contribution in [2.75, 3.05) is 0 Å². The van der Waals surface area contributed by atoms with Crippen LogP contribution in [0.1, 0.15) is 13.3 Å². The minimum atomic E-state index is -2.81. The second-order valence-electron chi connectivity index (χ2n) is 2.36. The van der Waals surface area contributed by atoms with Crippen molar-refractivity contribution in [2.24, 2.45) is 0 Å². The number of hydrogen-bond donors (Lipinski definition) is 4. The van der Waals surface area contributed by atoms with Crippen LogP contribution in [0.5, 0.6) is 0 Å². The smallest absolute Gasteiger partial charge is 0.331 e. The third-order valence-corrected chi connectivity index (χ3v) is 0.983. The van der Waals surface area contributed by atoms with Crippen molar-refractivity contribution in [1.82, 2.24) is 10.6 Å². The molecule has 0 saturated carbocycles. The van der Waals surface area contributed by atoms with Crippen molar-refractivity contribution in [3.05, 3.63) is 0 Å². The molecule has 0 aromatic rings. The van der Waals surface area contributed by atoms with Crippen LogP contribution in [0.25, 0.3) is 0 Å². The minimum Gasteiger partial charge on any atom is -0.331 e. The van der Waals surface area contributed by atoms with Crippen molar-refractivity contribution in [3.63, 3.8) is 0 Å². The molecule has 0 heterocycles. The van der Waals surface area contributed by atoms with Gasteiger partial charge in [-0.25, -0.2) is 0 Å². The van der Waals surface area contributed by atoms with Crippen molar-refractivity contribution in [1.29, 1.82) is 0 Å². The summed E-state index contributed by atoms with van der Waals surface area (Å²) in [6.45, 7) is 1.17. The van der Waals surface area contributed by atoms with Crippen molar-refractivity contribution < 1.29 is 24.6 Å². The summed E-state index contributed by atoms with van der Waals surface area (Å²) in [6, 6.07) is -2.81. The van der Waals surface area contributed by atoms with E-state index in [4.69, 9.17) is 10.2 Å². The molecule has 0 aliphatic heterocycles. The largest absolute Gasteiger partial charge is 0.337 e. The molecule has 74 valence electrons. The highest BCUT2D eigenvalue weighted by Gasteiger charge is 2.24. The van der Waals surface area contributed by atoms with E-state index in [9.17, 15) is 14.4 Å². The second-order valence-corrected chi connectivity index (χ2v) is 2.36. The van der Waals surface area contributed by atoms with E-state index in [-0.39, 0.29) is 6.41 Å². The van der Waals surface area contributed by atoms with Crippen LogP contribution >= 0.6 is 0 Å². The van der Waals surface area contributed by atoms with Crippen LogP contribution in [0.2, 0.25) is 0 Å². The first kappa shape index (κ1) is 11.5. The zero-order valence-electron chi connectivity index (χ0n) is 6.90. The van der Waals surface area contributed by atoms with Crippen LogP contribution in [-0.2, 0) is 14.4 Å². The van der Waals surface area contributed by atoms with Gasteiger partial charge in [0.05, 0.1) is 6.42 Å². The number of aliphatic hydroxyl groups is 2. The molecule has 0 saturated heterocycles. The quantitative estimate of drug-likeness (QED) is 0.216. The average Bonchev–Trinajstić information content (AvgIpc) is 1.81. The molecule has 0 atom stereocenters. The Labute approximate surface area is 73.7 Å². The van der Waals surface area contributed by atoms with E-state index < -0.39 is 24.1 Å². The third kappa shape index (κ3) is 5.76. The number of Topliss-reactive ketones (excluding diaryl/α,β-unsaturated/α-hetero) is 1. The number of rotatable bonds is 5. The molecular weight excluding hydrogens is 180 g/mol. The summed E-state index contributed by atoms with van der Waals surface area (Å²) in [7, 11) is 0. The van der Waals surface area contributed by atoms with Gasteiger partial charge >= 0.3 is 6.03 Å². The highest BCUT2D eigenvalue weighted by molar-refractivity contribution is 5.96. The summed E-state index contributed by atoms with van der Waals surface area (Å²) < 4.78 is 0. The molecule has 4 N–H and O–H groups in total. The van der Waals surface area contributed by atoms with E-state index in [1.165, 1.54) is 12.2 Å². The highest BCUT2D eigenvalue weighted by atomic mass is 16.5. The molecule has 13 heavy (non-hydrogen) atoms. The van der Waals surface area contributed by atoms with Gasteiger partial charge in [-0.1, -0.05) is 0 Å². The van der Waals surface area contributed by atoms with Crippen LogP contribution < -0.4 is 10.6 Å². The lowest BCUT2D eigenvalue weighted by atomic mass is 10.3. The molecule has 7 heteroatoms. The van der Waals surface area contributed by atoms with Crippen LogP contribution in [0.3, 0.4) is 0 Å². The Morgan fingerprint density at radius 3 is 2.38 bits per heavy atom. The van der Waals surface area contributed by atoms with Gasteiger partial charge in [-0.3, -0.25) is 25.0 Å². The van der Waals surface area contributed by atoms with E-state index in [0.717, 1.165) is 0 Å². The molecule has 0 spiro atoms. The Morgan fingerprint density at radius 1 is 1.46 bits per heavy atom. The molecular formula is C6H10N2O5. The normalized spacial score (nSPS) is 10.4. The molecule has 0 radical (unpaired) electrons. The lowest BCUT2D eigenvalue weighted by Crippen LogP contribution is -2.58. The van der Waals surface area contributed by atoms with Gasteiger partial charge in [0.25, 0.3) is 0 Å². The fourth-order valence-corrected chi connectivity index (χ4v) is 0.583. The maximum absolute atomic E-state index is 10.7. The summed E-state index contributed by atoms with van der Waals surface area (Å²) >= 11 is 0. The van der Waals surface area contributed by atoms with E-state index in [1.807, 2.05) is 0 Å². The van der Waals surface area contributed by atoms with Crippen LogP contribution in [-0.4, -0.2) is 34.3 Å². The predicted molar refractivity (Wildman–Crippen MR) is 39.8 cm³/mol. The molecule has 0 fully saturated rings. The first-order valence-electron chi connectivity index (χ1n) is 3.34. The fourth-order valence-electron chi connectivity index (χ4n) is 0.583. The van der Waals surface area contributed by atoms with Gasteiger partial charge in [0.15, 0.2) is 0 Å². The number of carbonyl (C=O) groups excluding carboxylic acids is 3. The van der Waals surface area contributed by atoms with E-state index in [0.29, 0.717) is 0 Å². The van der Waals surface area contributed by atoms with Crippen molar-refractivity contribution >= 4 is 18.1 Å². The summed E-state index contributed by atoms with van der Waals surface area (Å²) in [5.41, 5.74) is 0. The van der Waals surface area contributed by atoms with E-state index in [1.54, 1.807) is 5.32 Å². The molecule has 0 aromatic carbocycles. The van der Waals surface area contributed by atoms with E-state index >= 15 is 0 Å². The summed E-state index contributed by atoms with van der Waals surface area (Å²) in [4.78, 5) is 30.9. The molecule has 0 aromatic heterocycles. The lowest BCUT2D eigenvalue weighted by molar-refractivity contribution is -0.206.